The second-order valence-corrected chi connectivity index (χ2v) is 9.85. The Morgan fingerprint density at radius 2 is 1.88 bits per heavy atom. The van der Waals surface area contributed by atoms with Gasteiger partial charge in [-0.1, -0.05) is 41.6 Å². The van der Waals surface area contributed by atoms with Gasteiger partial charge in [0.15, 0.2) is 0 Å². The van der Waals surface area contributed by atoms with E-state index in [0.29, 0.717) is 37.5 Å². The molecule has 0 bridgehead atoms. The second-order valence-electron chi connectivity index (χ2n) is 7.91. The number of nitrogens with one attached hydrogen (secondary N) is 1. The van der Waals surface area contributed by atoms with Crippen LogP contribution in [0.1, 0.15) is 37.5 Å². The number of benzene rings is 2. The molecule has 0 saturated carbocycles. The molecule has 0 radical (unpaired) electrons. The minimum Gasteiger partial charge on any atom is -0.356 e. The summed E-state index contributed by atoms with van der Waals surface area (Å²) in [5, 5.41) is 6.91. The SMILES string of the molecule is O=C1CCN(S(=O)(=O)c2cccc(F)c2)CCCC(c2nc(-c3ccccc3)no2)CCN1. The highest BCUT2D eigenvalue weighted by molar-refractivity contribution is 7.89. The summed E-state index contributed by atoms with van der Waals surface area (Å²) in [7, 11) is -3.94. The maximum Gasteiger partial charge on any atom is 0.243 e. The molecule has 1 atom stereocenters. The zero-order valence-corrected chi connectivity index (χ0v) is 18.8. The number of sulfonamides is 1. The number of nitrogens with zero attached hydrogens (tertiary/aromatic N) is 3. The van der Waals surface area contributed by atoms with Crippen LogP contribution in [-0.4, -0.2) is 48.4 Å². The first-order valence-electron chi connectivity index (χ1n) is 10.8. The fraction of sp³-hybridized carbons (Fsp3) is 0.348. The van der Waals surface area contributed by atoms with E-state index in [4.69, 9.17) is 4.52 Å². The molecule has 4 rings (SSSR count). The minimum atomic E-state index is -3.94. The molecule has 1 N–H and O–H groups in total. The number of amides is 1. The Labute approximate surface area is 191 Å². The van der Waals surface area contributed by atoms with Crippen LogP contribution in [0.2, 0.25) is 0 Å². The number of carbonyl (C=O) groups excluding carboxylic acids is 1. The van der Waals surface area contributed by atoms with Crippen molar-refractivity contribution in [3.05, 3.63) is 66.3 Å². The molecule has 0 spiro atoms. The van der Waals surface area contributed by atoms with E-state index in [-0.39, 0.29) is 36.2 Å². The summed E-state index contributed by atoms with van der Waals surface area (Å²) in [5.41, 5.74) is 0.838. The summed E-state index contributed by atoms with van der Waals surface area (Å²) in [4.78, 5) is 16.7. The quantitative estimate of drug-likeness (QED) is 0.624. The number of hydrogen-bond donors (Lipinski definition) is 1. The minimum absolute atomic E-state index is 0.0219. The largest absolute Gasteiger partial charge is 0.356 e. The fourth-order valence-electron chi connectivity index (χ4n) is 3.84. The fourth-order valence-corrected chi connectivity index (χ4v) is 5.35. The van der Waals surface area contributed by atoms with E-state index in [1.807, 2.05) is 30.3 Å². The Morgan fingerprint density at radius 1 is 1.06 bits per heavy atom. The highest BCUT2D eigenvalue weighted by atomic mass is 32.2. The topological polar surface area (TPSA) is 105 Å². The van der Waals surface area contributed by atoms with E-state index in [0.717, 1.165) is 11.6 Å². The monoisotopic (exact) mass is 472 g/mol. The zero-order valence-electron chi connectivity index (χ0n) is 18.0. The molecule has 1 aliphatic heterocycles. The Hall–Kier alpha value is -3.11. The van der Waals surface area contributed by atoms with Gasteiger partial charge in [0.1, 0.15) is 5.82 Å². The average Bonchev–Trinajstić information content (AvgIpc) is 3.29. The molecule has 1 aromatic heterocycles. The summed E-state index contributed by atoms with van der Waals surface area (Å²) in [6.07, 6.45) is 1.74. The first kappa shape index (κ1) is 23.1. The highest BCUT2D eigenvalue weighted by Gasteiger charge is 2.27. The molecule has 1 aliphatic rings. The van der Waals surface area contributed by atoms with Gasteiger partial charge in [-0.15, -0.1) is 0 Å². The van der Waals surface area contributed by atoms with Crippen molar-refractivity contribution in [1.29, 1.82) is 0 Å². The number of hydrogen-bond acceptors (Lipinski definition) is 6. The van der Waals surface area contributed by atoms with Crippen molar-refractivity contribution < 1.29 is 22.1 Å². The Kier molecular flexibility index (Phi) is 7.14. The maximum atomic E-state index is 13.6. The van der Waals surface area contributed by atoms with Gasteiger partial charge in [0.05, 0.1) is 4.90 Å². The van der Waals surface area contributed by atoms with Gasteiger partial charge in [-0.3, -0.25) is 4.79 Å². The van der Waals surface area contributed by atoms with Gasteiger partial charge in [-0.25, -0.2) is 12.8 Å². The predicted octanol–water partition coefficient (Wildman–Crippen LogP) is 3.34. The van der Waals surface area contributed by atoms with Crippen LogP contribution in [0.15, 0.2) is 64.0 Å². The number of aromatic nitrogens is 2. The molecule has 2 heterocycles. The van der Waals surface area contributed by atoms with Crippen LogP contribution in [-0.2, 0) is 14.8 Å². The van der Waals surface area contributed by atoms with Gasteiger partial charge >= 0.3 is 0 Å². The van der Waals surface area contributed by atoms with Gasteiger partial charge in [-0.2, -0.15) is 9.29 Å². The smallest absolute Gasteiger partial charge is 0.243 e. The lowest BCUT2D eigenvalue weighted by atomic mass is 9.99. The third kappa shape index (κ3) is 5.63. The molecule has 174 valence electrons. The molecule has 1 fully saturated rings. The first-order chi connectivity index (χ1) is 15.9. The summed E-state index contributed by atoms with van der Waals surface area (Å²) in [6, 6.07) is 14.4. The van der Waals surface area contributed by atoms with Crippen LogP contribution in [0.25, 0.3) is 11.4 Å². The maximum absolute atomic E-state index is 13.6. The molecular formula is C23H25FN4O4S. The van der Waals surface area contributed by atoms with E-state index in [1.54, 1.807) is 0 Å². The standard InChI is InChI=1S/C23H25FN4O4S/c24-19-9-4-10-20(16-19)33(30,31)28-14-5-8-18(11-13-25-21(29)12-15-28)23-26-22(27-32-23)17-6-2-1-3-7-17/h1-4,6-7,9-10,16,18H,5,8,11-15H2,(H,25,29). The molecule has 1 saturated heterocycles. The van der Waals surface area contributed by atoms with Gasteiger partial charge in [0.2, 0.25) is 27.6 Å². The second kappa shape index (κ2) is 10.2. The normalized spacial score (nSPS) is 18.9. The van der Waals surface area contributed by atoms with Crippen LogP contribution in [0.3, 0.4) is 0 Å². The van der Waals surface area contributed by atoms with E-state index in [9.17, 15) is 17.6 Å². The summed E-state index contributed by atoms with van der Waals surface area (Å²) in [5.74, 6) is -0.0591. The predicted molar refractivity (Wildman–Crippen MR) is 119 cm³/mol. The zero-order chi connectivity index (χ0) is 23.3. The molecule has 1 amide bonds. The van der Waals surface area contributed by atoms with Gasteiger partial charge in [-0.05, 0) is 37.5 Å². The van der Waals surface area contributed by atoms with Crippen molar-refractivity contribution in [2.75, 3.05) is 19.6 Å². The number of rotatable bonds is 4. The summed E-state index contributed by atoms with van der Waals surface area (Å²) < 4.78 is 46.6. The van der Waals surface area contributed by atoms with Crippen LogP contribution in [0.4, 0.5) is 4.39 Å². The van der Waals surface area contributed by atoms with Crippen molar-refractivity contribution in [2.24, 2.45) is 0 Å². The Morgan fingerprint density at radius 3 is 2.67 bits per heavy atom. The molecular weight excluding hydrogens is 447 g/mol. The van der Waals surface area contributed by atoms with Gasteiger partial charge in [0.25, 0.3) is 0 Å². The first-order valence-corrected chi connectivity index (χ1v) is 12.3. The van der Waals surface area contributed by atoms with Crippen LogP contribution >= 0.6 is 0 Å². The molecule has 1 unspecified atom stereocenters. The molecule has 2 aromatic carbocycles. The number of carbonyl (C=O) groups is 1. The molecule has 8 nitrogen and oxygen atoms in total. The van der Waals surface area contributed by atoms with Crippen molar-refractivity contribution in [3.63, 3.8) is 0 Å². The molecule has 33 heavy (non-hydrogen) atoms. The summed E-state index contributed by atoms with van der Waals surface area (Å²) >= 11 is 0. The third-order valence-corrected chi connectivity index (χ3v) is 7.51. The Balaban J connectivity index is 1.52. The molecule has 0 aliphatic carbocycles. The summed E-state index contributed by atoms with van der Waals surface area (Å²) in [6.45, 7) is 0.638. The van der Waals surface area contributed by atoms with Crippen LogP contribution in [0.5, 0.6) is 0 Å². The third-order valence-electron chi connectivity index (χ3n) is 5.62. The van der Waals surface area contributed by atoms with E-state index in [2.05, 4.69) is 15.5 Å². The van der Waals surface area contributed by atoms with Gasteiger partial charge in [0, 0.05) is 37.5 Å². The van der Waals surface area contributed by atoms with Gasteiger partial charge < -0.3 is 9.84 Å². The number of halogens is 1. The van der Waals surface area contributed by atoms with Crippen LogP contribution < -0.4 is 5.32 Å². The molecule has 10 heteroatoms. The van der Waals surface area contributed by atoms with Crippen molar-refractivity contribution in [3.8, 4) is 11.4 Å². The lowest BCUT2D eigenvalue weighted by molar-refractivity contribution is -0.121. The lowest BCUT2D eigenvalue weighted by Crippen LogP contribution is -2.35. The van der Waals surface area contributed by atoms with Crippen LogP contribution in [0, 0.1) is 5.82 Å². The lowest BCUT2D eigenvalue weighted by Gasteiger charge is -2.22. The van der Waals surface area contributed by atoms with E-state index in [1.165, 1.54) is 22.5 Å². The van der Waals surface area contributed by atoms with Crippen molar-refractivity contribution in [2.45, 2.75) is 36.5 Å². The van der Waals surface area contributed by atoms with Crippen molar-refractivity contribution in [1.82, 2.24) is 19.8 Å². The van der Waals surface area contributed by atoms with E-state index >= 15 is 0 Å². The average molecular weight is 473 g/mol. The van der Waals surface area contributed by atoms with E-state index < -0.39 is 15.8 Å². The highest BCUT2D eigenvalue weighted by Crippen LogP contribution is 2.27. The van der Waals surface area contributed by atoms with Crippen molar-refractivity contribution >= 4 is 15.9 Å². The Bertz CT molecular complexity index is 1200. The molecule has 3 aromatic rings.